The number of nitrogens with one attached hydrogen (secondary N) is 2. The number of nitrogens with zero attached hydrogens (tertiary/aromatic N) is 2. The van der Waals surface area contributed by atoms with Crippen LogP contribution >= 0.6 is 35.6 Å². The van der Waals surface area contributed by atoms with E-state index in [1.807, 2.05) is 0 Å². The van der Waals surface area contributed by atoms with Crippen molar-refractivity contribution < 1.29 is 13.9 Å². The van der Waals surface area contributed by atoms with E-state index in [4.69, 9.17) is 21.1 Å². The minimum absolute atomic E-state index is 0. The molecule has 2 aliphatic rings. The molecule has 0 saturated carbocycles. The molecule has 2 fully saturated rings. The van der Waals surface area contributed by atoms with Crippen LogP contribution in [0, 0.1) is 11.7 Å². The van der Waals surface area contributed by atoms with Gasteiger partial charge in [-0.25, -0.2) is 4.39 Å². The molecule has 2 atom stereocenters. The highest BCUT2D eigenvalue weighted by atomic mass is 127. The molecule has 1 aromatic carbocycles. The minimum Gasteiger partial charge on any atom is -0.381 e. The van der Waals surface area contributed by atoms with Crippen molar-refractivity contribution in [1.82, 2.24) is 15.5 Å². The van der Waals surface area contributed by atoms with Crippen molar-refractivity contribution >= 4 is 41.5 Å². The van der Waals surface area contributed by atoms with Gasteiger partial charge in [-0.3, -0.25) is 9.89 Å². The van der Waals surface area contributed by atoms with Crippen molar-refractivity contribution in [3.8, 4) is 0 Å². The van der Waals surface area contributed by atoms with Gasteiger partial charge < -0.3 is 20.1 Å². The molecule has 0 aliphatic carbocycles. The molecule has 0 aromatic heterocycles. The Morgan fingerprint density at radius 1 is 1.39 bits per heavy atom. The first-order chi connectivity index (χ1) is 14.6. The Labute approximate surface area is 207 Å². The number of likely N-dealkylation sites (tertiary alicyclic amines) is 1. The van der Waals surface area contributed by atoms with Crippen molar-refractivity contribution in [3.63, 3.8) is 0 Å². The lowest BCUT2D eigenvalue weighted by molar-refractivity contribution is 0.0888. The van der Waals surface area contributed by atoms with Gasteiger partial charge in [0.15, 0.2) is 5.96 Å². The fraction of sp³-hybridized carbons (Fsp3) is 0.682. The average Bonchev–Trinajstić information content (AvgIpc) is 3.25. The summed E-state index contributed by atoms with van der Waals surface area (Å²) < 4.78 is 24.4. The van der Waals surface area contributed by atoms with E-state index in [1.54, 1.807) is 13.1 Å². The molecule has 3 rings (SSSR count). The van der Waals surface area contributed by atoms with Crippen LogP contribution in [-0.2, 0) is 16.0 Å². The Balaban J connectivity index is 0.00000341. The number of piperidine rings is 1. The summed E-state index contributed by atoms with van der Waals surface area (Å²) in [4.78, 5) is 6.71. The predicted octanol–water partition coefficient (Wildman–Crippen LogP) is 3.67. The molecule has 6 nitrogen and oxygen atoms in total. The van der Waals surface area contributed by atoms with E-state index in [9.17, 15) is 4.39 Å². The van der Waals surface area contributed by atoms with Gasteiger partial charge in [-0.2, -0.15) is 0 Å². The third kappa shape index (κ3) is 9.37. The smallest absolute Gasteiger partial charge is 0.191 e. The van der Waals surface area contributed by atoms with E-state index in [0.717, 1.165) is 89.8 Å². The number of guanidine groups is 1. The van der Waals surface area contributed by atoms with Gasteiger partial charge in [-0.15, -0.1) is 24.0 Å². The molecule has 0 spiro atoms. The first-order valence-corrected chi connectivity index (χ1v) is 11.3. The average molecular weight is 569 g/mol. The van der Waals surface area contributed by atoms with Gasteiger partial charge >= 0.3 is 0 Å². The lowest BCUT2D eigenvalue weighted by Crippen LogP contribution is -2.51. The summed E-state index contributed by atoms with van der Waals surface area (Å²) >= 11 is 6.19. The van der Waals surface area contributed by atoms with Gasteiger partial charge in [0.25, 0.3) is 0 Å². The SMILES string of the molecule is CN=C(NCCCOCC1CCOC1)NC1CCCN(Cc2ccc(F)cc2Cl)C1.I. The molecule has 2 aliphatic heterocycles. The van der Waals surface area contributed by atoms with E-state index < -0.39 is 0 Å². The second-order valence-corrected chi connectivity index (χ2v) is 8.52. The lowest BCUT2D eigenvalue weighted by atomic mass is 10.0. The zero-order valence-electron chi connectivity index (χ0n) is 18.2. The highest BCUT2D eigenvalue weighted by Crippen LogP contribution is 2.21. The third-order valence-electron chi connectivity index (χ3n) is 5.61. The van der Waals surface area contributed by atoms with Crippen LogP contribution < -0.4 is 10.6 Å². The summed E-state index contributed by atoms with van der Waals surface area (Å²) in [6.45, 7) is 6.71. The molecule has 176 valence electrons. The zero-order chi connectivity index (χ0) is 21.2. The van der Waals surface area contributed by atoms with Crippen LogP contribution in [-0.4, -0.2) is 70.0 Å². The van der Waals surface area contributed by atoms with Gasteiger partial charge in [0.1, 0.15) is 5.82 Å². The van der Waals surface area contributed by atoms with E-state index in [-0.39, 0.29) is 29.8 Å². The fourth-order valence-electron chi connectivity index (χ4n) is 3.94. The molecular weight excluding hydrogens is 534 g/mol. The maximum absolute atomic E-state index is 13.3. The Kier molecular flexibility index (Phi) is 12.4. The summed E-state index contributed by atoms with van der Waals surface area (Å²) in [6, 6.07) is 4.95. The topological polar surface area (TPSA) is 58.1 Å². The van der Waals surface area contributed by atoms with E-state index in [1.165, 1.54) is 12.1 Å². The molecule has 31 heavy (non-hydrogen) atoms. The number of ether oxygens (including phenoxy) is 2. The highest BCUT2D eigenvalue weighted by Gasteiger charge is 2.21. The van der Waals surface area contributed by atoms with Crippen LogP contribution in [0.25, 0.3) is 0 Å². The Bertz CT molecular complexity index is 691. The number of halogens is 3. The summed E-state index contributed by atoms with van der Waals surface area (Å²) in [5.41, 5.74) is 0.963. The van der Waals surface area contributed by atoms with Crippen LogP contribution in [0.4, 0.5) is 4.39 Å². The van der Waals surface area contributed by atoms with Gasteiger partial charge in [-0.05, 0) is 49.9 Å². The number of hydrogen-bond donors (Lipinski definition) is 2. The van der Waals surface area contributed by atoms with Crippen molar-refractivity contribution in [1.29, 1.82) is 0 Å². The molecule has 9 heteroatoms. The maximum atomic E-state index is 13.3. The van der Waals surface area contributed by atoms with Crippen LogP contribution in [0.15, 0.2) is 23.2 Å². The Morgan fingerprint density at radius 3 is 3.00 bits per heavy atom. The largest absolute Gasteiger partial charge is 0.381 e. The van der Waals surface area contributed by atoms with E-state index in [2.05, 4.69) is 20.5 Å². The molecule has 1 aromatic rings. The molecule has 2 saturated heterocycles. The first kappa shape index (κ1) is 26.6. The molecule has 2 N–H and O–H groups in total. The second-order valence-electron chi connectivity index (χ2n) is 8.11. The van der Waals surface area contributed by atoms with Gasteiger partial charge in [0.2, 0.25) is 0 Å². The van der Waals surface area contributed by atoms with Crippen LogP contribution in [0.3, 0.4) is 0 Å². The quantitative estimate of drug-likeness (QED) is 0.206. The fourth-order valence-corrected chi connectivity index (χ4v) is 4.17. The monoisotopic (exact) mass is 568 g/mol. The standard InChI is InChI=1S/C22H34ClFN4O2.HI/c1-25-22(26-8-3-10-29-15-17-7-11-30-16-17)27-20-4-2-9-28(14-20)13-18-5-6-19(24)12-21(18)23;/h5-6,12,17,20H,2-4,7-11,13-16H2,1H3,(H2,25,26,27);1H. The molecule has 2 heterocycles. The number of hydrogen-bond acceptors (Lipinski definition) is 4. The van der Waals surface area contributed by atoms with Gasteiger partial charge in [-0.1, -0.05) is 17.7 Å². The van der Waals surface area contributed by atoms with Crippen LogP contribution in [0.1, 0.15) is 31.2 Å². The third-order valence-corrected chi connectivity index (χ3v) is 5.97. The second kappa shape index (κ2) is 14.5. The van der Waals surface area contributed by atoms with Crippen molar-refractivity contribution in [2.75, 3.05) is 53.1 Å². The predicted molar refractivity (Wildman–Crippen MR) is 134 cm³/mol. The Hall–Kier alpha value is -0.680. The van der Waals surface area contributed by atoms with Crippen LogP contribution in [0.5, 0.6) is 0 Å². The summed E-state index contributed by atoms with van der Waals surface area (Å²) in [6.07, 6.45) is 4.25. The van der Waals surface area contributed by atoms with Crippen LogP contribution in [0.2, 0.25) is 5.02 Å². The first-order valence-electron chi connectivity index (χ1n) is 10.9. The molecular formula is C22H35ClFIN4O2. The number of rotatable bonds is 9. The Morgan fingerprint density at radius 2 is 2.26 bits per heavy atom. The van der Waals surface area contributed by atoms with Gasteiger partial charge in [0, 0.05) is 56.9 Å². The summed E-state index contributed by atoms with van der Waals surface area (Å²) in [5, 5.41) is 7.40. The van der Waals surface area contributed by atoms with E-state index in [0.29, 0.717) is 17.0 Å². The summed E-state index contributed by atoms with van der Waals surface area (Å²) in [7, 11) is 1.80. The minimum atomic E-state index is -0.297. The number of benzene rings is 1. The molecule has 0 bridgehead atoms. The van der Waals surface area contributed by atoms with Crippen molar-refractivity contribution in [2.45, 2.75) is 38.3 Å². The maximum Gasteiger partial charge on any atom is 0.191 e. The molecule has 2 unspecified atom stereocenters. The van der Waals surface area contributed by atoms with E-state index >= 15 is 0 Å². The van der Waals surface area contributed by atoms with Gasteiger partial charge in [0.05, 0.1) is 13.2 Å². The number of aliphatic imine (C=N–C) groups is 1. The zero-order valence-corrected chi connectivity index (χ0v) is 21.3. The summed E-state index contributed by atoms with van der Waals surface area (Å²) in [5.74, 6) is 1.09. The molecule has 0 amide bonds. The highest BCUT2D eigenvalue weighted by molar-refractivity contribution is 14.0. The normalized spacial score (nSPS) is 22.2. The lowest BCUT2D eigenvalue weighted by Gasteiger charge is -2.34. The molecule has 0 radical (unpaired) electrons. The van der Waals surface area contributed by atoms with Crippen molar-refractivity contribution in [3.05, 3.63) is 34.6 Å². The van der Waals surface area contributed by atoms with Crippen molar-refractivity contribution in [2.24, 2.45) is 10.9 Å².